The summed E-state index contributed by atoms with van der Waals surface area (Å²) in [4.78, 5) is 0.0384. The van der Waals surface area contributed by atoms with Crippen molar-refractivity contribution in [3.63, 3.8) is 0 Å². The molecule has 6 heteroatoms. The van der Waals surface area contributed by atoms with Crippen LogP contribution in [-0.4, -0.2) is 8.42 Å². The molecule has 0 fully saturated rings. The monoisotopic (exact) mass is 341 g/mol. The smallest absolute Gasteiger partial charge is 0.238 e. The van der Waals surface area contributed by atoms with Gasteiger partial charge in [-0.05, 0) is 52.7 Å². The van der Waals surface area contributed by atoms with Gasteiger partial charge in [0.15, 0.2) is 0 Å². The fourth-order valence-corrected chi connectivity index (χ4v) is 2.68. The highest BCUT2D eigenvalue weighted by Crippen LogP contribution is 2.32. The van der Waals surface area contributed by atoms with Crippen molar-refractivity contribution < 1.29 is 13.2 Å². The Morgan fingerprint density at radius 3 is 2.37 bits per heavy atom. The van der Waals surface area contributed by atoms with Crippen LogP contribution in [0.4, 0.5) is 0 Å². The van der Waals surface area contributed by atoms with Crippen molar-refractivity contribution in [2.24, 2.45) is 5.14 Å². The SMILES string of the molecule is Cc1ccccc1Oc1ccc(S(N)(=O)=O)cc1Br. The number of sulfonamides is 1. The van der Waals surface area contributed by atoms with Crippen LogP contribution in [0.15, 0.2) is 51.8 Å². The Labute approximate surface area is 120 Å². The summed E-state index contributed by atoms with van der Waals surface area (Å²) in [5.74, 6) is 1.24. The number of nitrogens with two attached hydrogens (primary N) is 1. The molecule has 0 spiro atoms. The van der Waals surface area contributed by atoms with Crippen LogP contribution in [0.5, 0.6) is 11.5 Å². The first-order chi connectivity index (χ1) is 8.88. The average molecular weight is 342 g/mol. The van der Waals surface area contributed by atoms with E-state index < -0.39 is 10.0 Å². The van der Waals surface area contributed by atoms with E-state index in [0.717, 1.165) is 5.56 Å². The lowest BCUT2D eigenvalue weighted by Crippen LogP contribution is -2.11. The number of rotatable bonds is 3. The minimum atomic E-state index is -3.71. The van der Waals surface area contributed by atoms with E-state index in [1.165, 1.54) is 12.1 Å². The molecule has 0 heterocycles. The van der Waals surface area contributed by atoms with Crippen LogP contribution in [0, 0.1) is 6.92 Å². The molecule has 0 aliphatic rings. The fourth-order valence-electron chi connectivity index (χ4n) is 1.53. The van der Waals surface area contributed by atoms with E-state index in [1.807, 2.05) is 31.2 Å². The maximum Gasteiger partial charge on any atom is 0.238 e. The Kier molecular flexibility index (Phi) is 3.93. The minimum absolute atomic E-state index is 0.0384. The lowest BCUT2D eigenvalue weighted by Gasteiger charge is -2.10. The number of para-hydroxylation sites is 1. The molecule has 0 saturated heterocycles. The zero-order chi connectivity index (χ0) is 14.0. The second-order valence-corrected chi connectivity index (χ2v) is 6.42. The molecule has 0 bridgehead atoms. The third kappa shape index (κ3) is 3.34. The zero-order valence-electron chi connectivity index (χ0n) is 10.1. The second-order valence-electron chi connectivity index (χ2n) is 4.00. The molecule has 0 aliphatic heterocycles. The molecular formula is C13H12BrNO3S. The van der Waals surface area contributed by atoms with Crippen LogP contribution in [0.25, 0.3) is 0 Å². The first-order valence-electron chi connectivity index (χ1n) is 5.44. The molecule has 0 aliphatic carbocycles. The predicted molar refractivity (Wildman–Crippen MR) is 76.8 cm³/mol. The van der Waals surface area contributed by atoms with Crippen LogP contribution < -0.4 is 9.88 Å². The van der Waals surface area contributed by atoms with Crippen molar-refractivity contribution in [2.75, 3.05) is 0 Å². The van der Waals surface area contributed by atoms with E-state index >= 15 is 0 Å². The summed E-state index contributed by atoms with van der Waals surface area (Å²) in [7, 11) is -3.71. The van der Waals surface area contributed by atoms with Gasteiger partial charge in [0.25, 0.3) is 0 Å². The van der Waals surface area contributed by atoms with E-state index in [9.17, 15) is 8.42 Å². The van der Waals surface area contributed by atoms with Crippen LogP contribution in [0.3, 0.4) is 0 Å². The van der Waals surface area contributed by atoms with Crippen LogP contribution in [-0.2, 0) is 10.0 Å². The minimum Gasteiger partial charge on any atom is -0.456 e. The molecule has 0 aromatic heterocycles. The van der Waals surface area contributed by atoms with Crippen molar-refractivity contribution in [1.82, 2.24) is 0 Å². The van der Waals surface area contributed by atoms with Crippen molar-refractivity contribution in [2.45, 2.75) is 11.8 Å². The van der Waals surface area contributed by atoms with Gasteiger partial charge in [0, 0.05) is 0 Å². The van der Waals surface area contributed by atoms with Gasteiger partial charge in [-0.15, -0.1) is 0 Å². The molecule has 0 atom stereocenters. The van der Waals surface area contributed by atoms with Gasteiger partial charge in [-0.3, -0.25) is 0 Å². The molecule has 19 heavy (non-hydrogen) atoms. The third-order valence-electron chi connectivity index (χ3n) is 2.55. The predicted octanol–water partition coefficient (Wildman–Crippen LogP) is 3.20. The van der Waals surface area contributed by atoms with Crippen molar-refractivity contribution in [1.29, 1.82) is 0 Å². The number of halogens is 1. The van der Waals surface area contributed by atoms with Gasteiger partial charge in [0.05, 0.1) is 9.37 Å². The Bertz CT molecular complexity index is 714. The Hall–Kier alpha value is -1.37. The highest BCUT2D eigenvalue weighted by Gasteiger charge is 2.11. The number of hydrogen-bond acceptors (Lipinski definition) is 3. The highest BCUT2D eigenvalue weighted by atomic mass is 79.9. The summed E-state index contributed by atoms with van der Waals surface area (Å²) in [5.41, 5.74) is 0.991. The van der Waals surface area contributed by atoms with Crippen molar-refractivity contribution in [3.05, 3.63) is 52.5 Å². The molecule has 2 aromatic rings. The maximum atomic E-state index is 11.2. The zero-order valence-corrected chi connectivity index (χ0v) is 12.5. The normalized spacial score (nSPS) is 11.3. The lowest BCUT2D eigenvalue weighted by atomic mass is 10.2. The largest absolute Gasteiger partial charge is 0.456 e. The Morgan fingerprint density at radius 2 is 1.79 bits per heavy atom. The van der Waals surface area contributed by atoms with Gasteiger partial charge in [0.1, 0.15) is 11.5 Å². The number of ether oxygens (including phenoxy) is 1. The van der Waals surface area contributed by atoms with E-state index in [4.69, 9.17) is 9.88 Å². The maximum absolute atomic E-state index is 11.2. The van der Waals surface area contributed by atoms with E-state index in [-0.39, 0.29) is 4.90 Å². The molecule has 2 rings (SSSR count). The van der Waals surface area contributed by atoms with Crippen molar-refractivity contribution >= 4 is 26.0 Å². The van der Waals surface area contributed by atoms with E-state index in [0.29, 0.717) is 16.0 Å². The second kappa shape index (κ2) is 5.32. The van der Waals surface area contributed by atoms with Gasteiger partial charge < -0.3 is 4.74 Å². The molecule has 100 valence electrons. The summed E-state index contributed by atoms with van der Waals surface area (Å²) in [6.45, 7) is 1.93. The molecule has 2 N–H and O–H groups in total. The number of hydrogen-bond donors (Lipinski definition) is 1. The first kappa shape index (κ1) is 14.0. The lowest BCUT2D eigenvalue weighted by molar-refractivity contribution is 0.475. The summed E-state index contributed by atoms with van der Waals surface area (Å²) < 4.78 is 28.7. The molecule has 0 unspecified atom stereocenters. The summed E-state index contributed by atoms with van der Waals surface area (Å²) >= 11 is 3.28. The van der Waals surface area contributed by atoms with Gasteiger partial charge in [-0.2, -0.15) is 0 Å². The number of benzene rings is 2. The van der Waals surface area contributed by atoms with Crippen LogP contribution >= 0.6 is 15.9 Å². The molecule has 0 saturated carbocycles. The first-order valence-corrected chi connectivity index (χ1v) is 7.78. The van der Waals surface area contributed by atoms with Crippen LogP contribution in [0.1, 0.15) is 5.56 Å². The number of primary sulfonamides is 1. The fraction of sp³-hybridized carbons (Fsp3) is 0.0769. The quantitative estimate of drug-likeness (QED) is 0.931. The summed E-state index contributed by atoms with van der Waals surface area (Å²) in [6.07, 6.45) is 0. The highest BCUT2D eigenvalue weighted by molar-refractivity contribution is 9.10. The molecular weight excluding hydrogens is 330 g/mol. The topological polar surface area (TPSA) is 69.4 Å². The summed E-state index contributed by atoms with van der Waals surface area (Å²) in [5, 5.41) is 5.06. The standard InChI is InChI=1S/C13H12BrNO3S/c1-9-4-2-3-5-12(9)18-13-7-6-10(8-11(13)14)19(15,16)17/h2-8H,1H3,(H2,15,16,17). The number of aryl methyl sites for hydroxylation is 1. The molecule has 0 radical (unpaired) electrons. The molecule has 0 amide bonds. The Balaban J connectivity index is 2.36. The molecule has 2 aromatic carbocycles. The van der Waals surface area contributed by atoms with E-state index in [1.54, 1.807) is 6.07 Å². The Morgan fingerprint density at radius 1 is 1.11 bits per heavy atom. The van der Waals surface area contributed by atoms with Crippen molar-refractivity contribution in [3.8, 4) is 11.5 Å². The third-order valence-corrected chi connectivity index (χ3v) is 4.08. The van der Waals surface area contributed by atoms with Gasteiger partial charge in [-0.25, -0.2) is 13.6 Å². The van der Waals surface area contributed by atoms with Gasteiger partial charge in [0.2, 0.25) is 10.0 Å². The summed E-state index contributed by atoms with van der Waals surface area (Å²) in [6, 6.07) is 12.0. The molecule has 4 nitrogen and oxygen atoms in total. The van der Waals surface area contributed by atoms with Crippen LogP contribution in [0.2, 0.25) is 0 Å². The average Bonchev–Trinajstić information content (AvgIpc) is 2.33. The van der Waals surface area contributed by atoms with Gasteiger partial charge >= 0.3 is 0 Å². The van der Waals surface area contributed by atoms with E-state index in [2.05, 4.69) is 15.9 Å². The van der Waals surface area contributed by atoms with Gasteiger partial charge in [-0.1, -0.05) is 18.2 Å².